The molecule has 0 aliphatic carbocycles. The second-order valence-corrected chi connectivity index (χ2v) is 3.18. The highest BCUT2D eigenvalue weighted by atomic mass is 19.1. The molecule has 0 spiro atoms. The Morgan fingerprint density at radius 3 is 2.40 bits per heavy atom. The van der Waals surface area contributed by atoms with Crippen molar-refractivity contribution in [3.8, 4) is 5.75 Å². The van der Waals surface area contributed by atoms with Gasteiger partial charge in [-0.05, 0) is 6.42 Å². The minimum Gasteiger partial charge on any atom is -0.486 e. The first-order chi connectivity index (χ1) is 7.11. The van der Waals surface area contributed by atoms with Crippen LogP contribution < -0.4 is 4.74 Å². The molecule has 0 aliphatic rings. The maximum absolute atomic E-state index is 12.7. The summed E-state index contributed by atoms with van der Waals surface area (Å²) in [5.41, 5.74) is 0. The van der Waals surface area contributed by atoms with E-state index in [1.807, 2.05) is 6.92 Å². The van der Waals surface area contributed by atoms with Crippen molar-refractivity contribution in [1.29, 1.82) is 0 Å². The molecular weight excluding hydrogens is 202 g/mol. The van der Waals surface area contributed by atoms with Gasteiger partial charge in [-0.3, -0.25) is 4.79 Å². The van der Waals surface area contributed by atoms with E-state index in [1.165, 1.54) is 0 Å². The van der Waals surface area contributed by atoms with Crippen molar-refractivity contribution >= 4 is 5.78 Å². The highest BCUT2D eigenvalue weighted by Crippen LogP contribution is 2.15. The van der Waals surface area contributed by atoms with Crippen molar-refractivity contribution in [2.75, 3.05) is 6.61 Å². The van der Waals surface area contributed by atoms with Gasteiger partial charge in [0.2, 0.25) is 0 Å². The van der Waals surface area contributed by atoms with Gasteiger partial charge in [0.25, 0.3) is 0 Å². The molecule has 1 rings (SSSR count). The third-order valence-electron chi connectivity index (χ3n) is 1.76. The maximum atomic E-state index is 12.7. The van der Waals surface area contributed by atoms with E-state index in [9.17, 15) is 13.6 Å². The molecule has 0 aromatic heterocycles. The number of hydrogen-bond acceptors (Lipinski definition) is 2. The van der Waals surface area contributed by atoms with E-state index in [1.54, 1.807) is 0 Å². The standard InChI is InChI=1S/C11H12F2O2/c1-2-3-10(14)7-15-11-5-8(12)4-9(13)6-11/h4-6H,2-3,7H2,1H3. The summed E-state index contributed by atoms with van der Waals surface area (Å²) in [4.78, 5) is 11.1. The molecule has 0 atom stereocenters. The fraction of sp³-hybridized carbons (Fsp3) is 0.364. The van der Waals surface area contributed by atoms with Gasteiger partial charge in [0.15, 0.2) is 5.78 Å². The Morgan fingerprint density at radius 1 is 1.27 bits per heavy atom. The molecule has 1 aromatic carbocycles. The highest BCUT2D eigenvalue weighted by molar-refractivity contribution is 5.79. The molecule has 0 bridgehead atoms. The third-order valence-corrected chi connectivity index (χ3v) is 1.76. The van der Waals surface area contributed by atoms with Crippen LogP contribution in [0.15, 0.2) is 18.2 Å². The van der Waals surface area contributed by atoms with Crippen LogP contribution in [0.3, 0.4) is 0 Å². The van der Waals surface area contributed by atoms with Crippen molar-refractivity contribution in [3.05, 3.63) is 29.8 Å². The minimum atomic E-state index is -0.715. The van der Waals surface area contributed by atoms with Crippen molar-refractivity contribution in [2.45, 2.75) is 19.8 Å². The van der Waals surface area contributed by atoms with Gasteiger partial charge >= 0.3 is 0 Å². The Kier molecular flexibility index (Phi) is 4.21. The predicted octanol–water partition coefficient (Wildman–Crippen LogP) is 2.71. The molecule has 4 heteroatoms. The minimum absolute atomic E-state index is 0.0388. The molecule has 82 valence electrons. The molecule has 0 fully saturated rings. The van der Waals surface area contributed by atoms with E-state index in [0.717, 1.165) is 24.6 Å². The molecule has 1 aromatic rings. The van der Waals surface area contributed by atoms with Crippen LogP contribution in [-0.2, 0) is 4.79 Å². The van der Waals surface area contributed by atoms with Gasteiger partial charge in [0.1, 0.15) is 24.0 Å². The second kappa shape index (κ2) is 5.44. The summed E-state index contributed by atoms with van der Waals surface area (Å²) in [6.07, 6.45) is 1.15. The number of ketones is 1. The lowest BCUT2D eigenvalue weighted by Gasteiger charge is -2.04. The quantitative estimate of drug-likeness (QED) is 0.753. The average Bonchev–Trinajstić information content (AvgIpc) is 2.14. The molecule has 0 saturated heterocycles. The number of carbonyl (C=O) groups excluding carboxylic acids is 1. The Morgan fingerprint density at radius 2 is 1.87 bits per heavy atom. The summed E-state index contributed by atoms with van der Waals surface area (Å²) < 4.78 is 30.3. The lowest BCUT2D eigenvalue weighted by Crippen LogP contribution is -2.10. The first kappa shape index (κ1) is 11.6. The van der Waals surface area contributed by atoms with E-state index in [4.69, 9.17) is 4.74 Å². The Balaban J connectivity index is 2.54. The van der Waals surface area contributed by atoms with Crippen LogP contribution in [0.25, 0.3) is 0 Å². The molecule has 0 saturated carbocycles. The zero-order valence-corrected chi connectivity index (χ0v) is 8.43. The van der Waals surface area contributed by atoms with E-state index in [0.29, 0.717) is 6.42 Å². The van der Waals surface area contributed by atoms with Gasteiger partial charge in [-0.2, -0.15) is 0 Å². The van der Waals surface area contributed by atoms with Crippen LogP contribution in [-0.4, -0.2) is 12.4 Å². The fourth-order valence-corrected chi connectivity index (χ4v) is 1.13. The zero-order chi connectivity index (χ0) is 11.3. The Bertz CT molecular complexity index is 330. The van der Waals surface area contributed by atoms with Crippen LogP contribution in [0.1, 0.15) is 19.8 Å². The van der Waals surface area contributed by atoms with E-state index in [-0.39, 0.29) is 18.1 Å². The van der Waals surface area contributed by atoms with Crippen LogP contribution >= 0.6 is 0 Å². The zero-order valence-electron chi connectivity index (χ0n) is 8.43. The average molecular weight is 214 g/mol. The topological polar surface area (TPSA) is 26.3 Å². The van der Waals surface area contributed by atoms with Crippen LogP contribution in [0.5, 0.6) is 5.75 Å². The van der Waals surface area contributed by atoms with Gasteiger partial charge in [-0.25, -0.2) is 8.78 Å². The monoisotopic (exact) mass is 214 g/mol. The molecule has 0 heterocycles. The van der Waals surface area contributed by atoms with Gasteiger partial charge in [-0.15, -0.1) is 0 Å². The number of hydrogen-bond donors (Lipinski definition) is 0. The predicted molar refractivity (Wildman–Crippen MR) is 51.8 cm³/mol. The van der Waals surface area contributed by atoms with Crippen molar-refractivity contribution in [3.63, 3.8) is 0 Å². The molecule has 0 N–H and O–H groups in total. The SMILES string of the molecule is CCCC(=O)COc1cc(F)cc(F)c1. The lowest BCUT2D eigenvalue weighted by atomic mass is 10.2. The van der Waals surface area contributed by atoms with E-state index < -0.39 is 11.6 Å². The van der Waals surface area contributed by atoms with Gasteiger partial charge in [0, 0.05) is 24.6 Å². The number of Topliss-reactive ketones (excluding diaryl/α,β-unsaturated/α-hetero) is 1. The third kappa shape index (κ3) is 4.06. The first-order valence-electron chi connectivity index (χ1n) is 4.72. The summed E-state index contributed by atoms with van der Waals surface area (Å²) in [6, 6.07) is 2.84. The van der Waals surface area contributed by atoms with Crippen molar-refractivity contribution in [1.82, 2.24) is 0 Å². The highest BCUT2D eigenvalue weighted by Gasteiger charge is 2.04. The summed E-state index contributed by atoms with van der Waals surface area (Å²) in [5.74, 6) is -1.47. The molecular formula is C11H12F2O2. The number of ether oxygens (including phenoxy) is 1. The van der Waals surface area contributed by atoms with Crippen LogP contribution in [0, 0.1) is 11.6 Å². The summed E-state index contributed by atoms with van der Waals surface area (Å²) in [7, 11) is 0. The smallest absolute Gasteiger partial charge is 0.170 e. The van der Waals surface area contributed by atoms with Crippen LogP contribution in [0.4, 0.5) is 8.78 Å². The number of benzene rings is 1. The summed E-state index contributed by atoms with van der Waals surface area (Å²) in [5, 5.41) is 0. The molecule has 15 heavy (non-hydrogen) atoms. The molecule has 2 nitrogen and oxygen atoms in total. The summed E-state index contributed by atoms with van der Waals surface area (Å²) in [6.45, 7) is 1.73. The first-order valence-corrected chi connectivity index (χ1v) is 4.72. The van der Waals surface area contributed by atoms with Gasteiger partial charge in [0.05, 0.1) is 0 Å². The summed E-state index contributed by atoms with van der Waals surface area (Å²) >= 11 is 0. The van der Waals surface area contributed by atoms with E-state index >= 15 is 0 Å². The molecule has 0 aliphatic heterocycles. The molecule has 0 amide bonds. The van der Waals surface area contributed by atoms with Crippen LogP contribution in [0.2, 0.25) is 0 Å². The second-order valence-electron chi connectivity index (χ2n) is 3.18. The lowest BCUT2D eigenvalue weighted by molar-refractivity contribution is -0.121. The fourth-order valence-electron chi connectivity index (χ4n) is 1.13. The molecule has 0 radical (unpaired) electrons. The number of halogens is 2. The number of rotatable bonds is 5. The van der Waals surface area contributed by atoms with Gasteiger partial charge < -0.3 is 4.74 Å². The Labute approximate surface area is 86.9 Å². The largest absolute Gasteiger partial charge is 0.486 e. The normalized spacial score (nSPS) is 10.1. The van der Waals surface area contributed by atoms with Crippen molar-refractivity contribution in [2.24, 2.45) is 0 Å². The number of carbonyl (C=O) groups is 1. The molecule has 0 unspecified atom stereocenters. The van der Waals surface area contributed by atoms with Crippen molar-refractivity contribution < 1.29 is 18.3 Å². The van der Waals surface area contributed by atoms with Gasteiger partial charge in [-0.1, -0.05) is 6.92 Å². The van der Waals surface area contributed by atoms with E-state index in [2.05, 4.69) is 0 Å². The maximum Gasteiger partial charge on any atom is 0.170 e. The Hall–Kier alpha value is -1.45.